The van der Waals surface area contributed by atoms with Gasteiger partial charge in [0.15, 0.2) is 0 Å². The van der Waals surface area contributed by atoms with E-state index < -0.39 is 16.1 Å². The van der Waals surface area contributed by atoms with E-state index in [1.54, 1.807) is 41.6 Å². The molecule has 1 unspecified atom stereocenters. The largest absolute Gasteiger partial charge is 0.341 e. The molecule has 1 aliphatic rings. The highest BCUT2D eigenvalue weighted by Gasteiger charge is 2.32. The van der Waals surface area contributed by atoms with Crippen LogP contribution in [0.2, 0.25) is 0 Å². The van der Waals surface area contributed by atoms with Gasteiger partial charge in [0, 0.05) is 25.8 Å². The van der Waals surface area contributed by atoms with Gasteiger partial charge in [0.2, 0.25) is 15.9 Å². The first-order chi connectivity index (χ1) is 15.1. The highest BCUT2D eigenvalue weighted by Crippen LogP contribution is 2.23. The Morgan fingerprint density at radius 3 is 2.44 bits per heavy atom. The topological polar surface area (TPSA) is 95.2 Å². The summed E-state index contributed by atoms with van der Waals surface area (Å²) in [7, 11) is -3.91. The van der Waals surface area contributed by atoms with E-state index in [0.29, 0.717) is 42.4 Å². The summed E-state index contributed by atoms with van der Waals surface area (Å²) in [5.74, 6) is 0.360. The van der Waals surface area contributed by atoms with Gasteiger partial charge in [0.1, 0.15) is 17.8 Å². The van der Waals surface area contributed by atoms with Crippen LogP contribution in [-0.4, -0.2) is 42.9 Å². The monoisotopic (exact) mass is 456 g/mol. The molecule has 1 aliphatic heterocycles. The standard InChI is InChI=1S/C24H32N4O3S/c1-17-7-11-28(12-8-17)24(29)22(9-13-27-10-5-6-21(27)16-25)26-32(30,31)23-19(3)14-18(2)15-20(23)4/h5-6,10,14-15,17,22,26H,7-9,11-13H2,1-4H3. The molecule has 1 aromatic heterocycles. The fourth-order valence-corrected chi connectivity index (χ4v) is 6.17. The minimum atomic E-state index is -3.91. The number of nitrogens with one attached hydrogen (secondary N) is 1. The maximum Gasteiger partial charge on any atom is 0.241 e. The predicted molar refractivity (Wildman–Crippen MR) is 124 cm³/mol. The summed E-state index contributed by atoms with van der Waals surface area (Å²) in [6, 6.07) is 8.36. The van der Waals surface area contributed by atoms with E-state index >= 15 is 0 Å². The van der Waals surface area contributed by atoms with E-state index in [0.717, 1.165) is 18.4 Å². The van der Waals surface area contributed by atoms with Gasteiger partial charge in [-0.1, -0.05) is 24.6 Å². The average Bonchev–Trinajstić information content (AvgIpc) is 3.17. The Morgan fingerprint density at radius 2 is 1.84 bits per heavy atom. The van der Waals surface area contributed by atoms with Crippen molar-refractivity contribution in [2.24, 2.45) is 5.92 Å². The van der Waals surface area contributed by atoms with Gasteiger partial charge >= 0.3 is 0 Å². The summed E-state index contributed by atoms with van der Waals surface area (Å²) in [5, 5.41) is 9.27. The molecule has 1 N–H and O–H groups in total. The molecular formula is C24H32N4O3S. The smallest absolute Gasteiger partial charge is 0.241 e. The molecule has 0 spiro atoms. The van der Waals surface area contributed by atoms with Crippen LogP contribution in [0.1, 0.15) is 48.6 Å². The Kier molecular flexibility index (Phi) is 7.42. The Bertz CT molecular complexity index is 1100. The second-order valence-corrected chi connectivity index (χ2v) is 10.5. The third-order valence-corrected chi connectivity index (χ3v) is 7.94. The quantitative estimate of drug-likeness (QED) is 0.692. The van der Waals surface area contributed by atoms with Crippen LogP contribution >= 0.6 is 0 Å². The minimum absolute atomic E-state index is 0.200. The molecule has 3 rings (SSSR count). The number of likely N-dealkylation sites (tertiary alicyclic amines) is 1. The molecule has 32 heavy (non-hydrogen) atoms. The van der Waals surface area contributed by atoms with Crippen LogP contribution in [0.4, 0.5) is 0 Å². The number of sulfonamides is 1. The van der Waals surface area contributed by atoms with Crippen molar-refractivity contribution in [1.29, 1.82) is 5.26 Å². The van der Waals surface area contributed by atoms with Gasteiger partial charge < -0.3 is 9.47 Å². The van der Waals surface area contributed by atoms with E-state index in [9.17, 15) is 18.5 Å². The van der Waals surface area contributed by atoms with Crippen molar-refractivity contribution >= 4 is 15.9 Å². The number of benzene rings is 1. The van der Waals surface area contributed by atoms with Crippen molar-refractivity contribution in [3.05, 3.63) is 52.8 Å². The lowest BCUT2D eigenvalue weighted by Gasteiger charge is -2.33. The summed E-state index contributed by atoms with van der Waals surface area (Å²) >= 11 is 0. The molecule has 1 saturated heterocycles. The third-order valence-electron chi connectivity index (χ3n) is 6.17. The number of hydrogen-bond donors (Lipinski definition) is 1. The molecule has 1 atom stereocenters. The summed E-state index contributed by atoms with van der Waals surface area (Å²) in [4.78, 5) is 15.4. The Labute approximate surface area is 191 Å². The average molecular weight is 457 g/mol. The zero-order chi connectivity index (χ0) is 23.5. The summed E-state index contributed by atoms with van der Waals surface area (Å²) in [6.45, 7) is 9.27. The number of carbonyl (C=O) groups excluding carboxylic acids is 1. The first-order valence-electron chi connectivity index (χ1n) is 11.1. The van der Waals surface area contributed by atoms with Gasteiger partial charge in [-0.25, -0.2) is 8.42 Å². The van der Waals surface area contributed by atoms with Crippen molar-refractivity contribution < 1.29 is 13.2 Å². The normalized spacial score (nSPS) is 16.0. The number of amides is 1. The zero-order valence-corrected chi connectivity index (χ0v) is 20.1. The Morgan fingerprint density at radius 1 is 1.22 bits per heavy atom. The SMILES string of the molecule is Cc1cc(C)c(S(=O)(=O)NC(CCn2cccc2C#N)C(=O)N2CCC(C)CC2)c(C)c1. The molecule has 0 aliphatic carbocycles. The molecule has 7 nitrogen and oxygen atoms in total. The van der Waals surface area contributed by atoms with Crippen LogP contribution in [0.25, 0.3) is 0 Å². The molecule has 0 bridgehead atoms. The van der Waals surface area contributed by atoms with Crippen molar-refractivity contribution in [2.45, 2.75) is 64.4 Å². The Balaban J connectivity index is 1.87. The van der Waals surface area contributed by atoms with Gasteiger partial charge in [0.05, 0.1) is 4.90 Å². The van der Waals surface area contributed by atoms with Gasteiger partial charge in [-0.2, -0.15) is 9.98 Å². The van der Waals surface area contributed by atoms with Crippen LogP contribution in [0.5, 0.6) is 0 Å². The van der Waals surface area contributed by atoms with Crippen molar-refractivity contribution in [1.82, 2.24) is 14.2 Å². The van der Waals surface area contributed by atoms with Gasteiger partial charge in [-0.3, -0.25) is 4.79 Å². The number of aromatic nitrogens is 1. The van der Waals surface area contributed by atoms with E-state index in [1.807, 2.05) is 19.1 Å². The molecule has 2 heterocycles. The second-order valence-electron chi connectivity index (χ2n) is 8.90. The van der Waals surface area contributed by atoms with Gasteiger partial charge in [0.25, 0.3) is 0 Å². The predicted octanol–water partition coefficient (Wildman–Crippen LogP) is 3.28. The number of rotatable bonds is 7. The van der Waals surface area contributed by atoms with E-state index in [2.05, 4.69) is 17.7 Å². The third kappa shape index (κ3) is 5.40. The summed E-state index contributed by atoms with van der Waals surface area (Å²) in [5.41, 5.74) is 2.79. The number of aryl methyl sites for hydroxylation is 4. The number of nitriles is 1. The molecule has 0 radical (unpaired) electrons. The summed E-state index contributed by atoms with van der Waals surface area (Å²) < 4.78 is 31.2. The van der Waals surface area contributed by atoms with Crippen LogP contribution in [0.3, 0.4) is 0 Å². The van der Waals surface area contributed by atoms with Crippen LogP contribution in [0.15, 0.2) is 35.4 Å². The molecule has 1 aromatic carbocycles. The van der Waals surface area contributed by atoms with Gasteiger partial charge in [-0.05, 0) is 69.2 Å². The van der Waals surface area contributed by atoms with E-state index in [1.165, 1.54) is 0 Å². The van der Waals surface area contributed by atoms with E-state index in [-0.39, 0.29) is 17.2 Å². The second kappa shape index (κ2) is 9.88. The number of nitrogens with zero attached hydrogens (tertiary/aromatic N) is 3. The highest BCUT2D eigenvalue weighted by molar-refractivity contribution is 7.89. The molecule has 1 fully saturated rings. The minimum Gasteiger partial charge on any atom is -0.341 e. The molecule has 2 aromatic rings. The highest BCUT2D eigenvalue weighted by atomic mass is 32.2. The van der Waals surface area contributed by atoms with Crippen LogP contribution in [0, 0.1) is 38.0 Å². The summed E-state index contributed by atoms with van der Waals surface area (Å²) in [6.07, 6.45) is 3.86. The molecular weight excluding hydrogens is 424 g/mol. The fraction of sp³-hybridized carbons (Fsp3) is 0.500. The molecule has 0 saturated carbocycles. The fourth-order valence-electron chi connectivity index (χ4n) is 4.50. The first-order valence-corrected chi connectivity index (χ1v) is 12.5. The van der Waals surface area contributed by atoms with Crippen molar-refractivity contribution in [3.63, 3.8) is 0 Å². The lowest BCUT2D eigenvalue weighted by atomic mass is 9.98. The molecule has 1 amide bonds. The van der Waals surface area contributed by atoms with Crippen LogP contribution < -0.4 is 4.72 Å². The number of carbonyl (C=O) groups is 1. The first kappa shape index (κ1) is 24.0. The lowest BCUT2D eigenvalue weighted by Crippen LogP contribution is -2.51. The number of piperidine rings is 1. The Hall–Kier alpha value is -2.63. The van der Waals surface area contributed by atoms with E-state index in [4.69, 9.17) is 0 Å². The maximum atomic E-state index is 13.4. The van der Waals surface area contributed by atoms with Crippen molar-refractivity contribution in [3.8, 4) is 6.07 Å². The van der Waals surface area contributed by atoms with Crippen molar-refractivity contribution in [2.75, 3.05) is 13.1 Å². The van der Waals surface area contributed by atoms with Crippen LogP contribution in [-0.2, 0) is 21.4 Å². The lowest BCUT2D eigenvalue weighted by molar-refractivity contribution is -0.134. The maximum absolute atomic E-state index is 13.4. The zero-order valence-electron chi connectivity index (χ0n) is 19.3. The van der Waals surface area contributed by atoms with Gasteiger partial charge in [-0.15, -0.1) is 0 Å². The molecule has 8 heteroatoms. The number of hydrogen-bond acceptors (Lipinski definition) is 4. The molecule has 172 valence electrons.